The number of aromatic amines is 1. The Morgan fingerprint density at radius 2 is 1.94 bits per heavy atom. The Labute approximate surface area is 185 Å². The van der Waals surface area contributed by atoms with Gasteiger partial charge in [0.05, 0.1) is 46.9 Å². The van der Waals surface area contributed by atoms with Crippen molar-refractivity contribution >= 4 is 23.1 Å². The van der Waals surface area contributed by atoms with Gasteiger partial charge in [-0.3, -0.25) is 5.10 Å². The molecule has 9 nitrogen and oxygen atoms in total. The average molecular weight is 435 g/mol. The second-order valence-corrected chi connectivity index (χ2v) is 7.96. The standard InChI is InChI=1S/C23H26N6O3/c1-14-13-32-22-17(15(2)27-29(22)4)6-8-21-18-11-16(5-7-20(18)25-26-21)19-12-24-28(3)23(19)31-10-9-30-14/h5-8,11-12,14H,9-10,13H2,1-4H3,(H,25,26)/b8-6+/t14-/m0/s1. The highest BCUT2D eigenvalue weighted by Gasteiger charge is 2.17. The maximum atomic E-state index is 6.08. The van der Waals surface area contributed by atoms with Crippen LogP contribution in [0.5, 0.6) is 11.8 Å². The van der Waals surface area contributed by atoms with Gasteiger partial charge in [-0.1, -0.05) is 6.07 Å². The number of hydrogen-bond acceptors (Lipinski definition) is 6. The third-order valence-electron chi connectivity index (χ3n) is 5.59. The van der Waals surface area contributed by atoms with Gasteiger partial charge in [-0.25, -0.2) is 9.36 Å². The molecule has 1 atom stereocenters. The molecule has 0 spiro atoms. The van der Waals surface area contributed by atoms with E-state index in [-0.39, 0.29) is 6.10 Å². The van der Waals surface area contributed by atoms with Crippen LogP contribution in [0.15, 0.2) is 24.4 Å². The van der Waals surface area contributed by atoms with Crippen LogP contribution in [-0.2, 0) is 18.8 Å². The molecule has 166 valence electrons. The monoisotopic (exact) mass is 434 g/mol. The fraction of sp³-hybridized carbons (Fsp3) is 0.348. The Morgan fingerprint density at radius 3 is 2.81 bits per heavy atom. The molecule has 0 unspecified atom stereocenters. The van der Waals surface area contributed by atoms with E-state index in [2.05, 4.69) is 26.5 Å². The molecule has 1 aliphatic heterocycles. The summed E-state index contributed by atoms with van der Waals surface area (Å²) >= 11 is 0. The second-order valence-electron chi connectivity index (χ2n) is 7.96. The summed E-state index contributed by atoms with van der Waals surface area (Å²) in [4.78, 5) is 0. The van der Waals surface area contributed by atoms with Crippen LogP contribution in [0.2, 0.25) is 0 Å². The van der Waals surface area contributed by atoms with E-state index in [0.717, 1.165) is 39.0 Å². The number of hydrogen-bond donors (Lipinski definition) is 1. The molecular weight excluding hydrogens is 408 g/mol. The summed E-state index contributed by atoms with van der Waals surface area (Å²) in [6.45, 7) is 5.21. The Balaban J connectivity index is 1.62. The summed E-state index contributed by atoms with van der Waals surface area (Å²) in [5, 5.41) is 17.5. The van der Waals surface area contributed by atoms with Crippen molar-refractivity contribution in [2.75, 3.05) is 19.8 Å². The van der Waals surface area contributed by atoms with Crippen molar-refractivity contribution in [3.8, 4) is 22.9 Å². The van der Waals surface area contributed by atoms with E-state index >= 15 is 0 Å². The number of aromatic nitrogens is 6. The first-order chi connectivity index (χ1) is 15.5. The van der Waals surface area contributed by atoms with Crippen molar-refractivity contribution in [1.82, 2.24) is 29.8 Å². The summed E-state index contributed by atoms with van der Waals surface area (Å²) in [7, 11) is 3.75. The van der Waals surface area contributed by atoms with Gasteiger partial charge in [-0.05, 0) is 43.7 Å². The van der Waals surface area contributed by atoms with E-state index in [0.29, 0.717) is 31.6 Å². The van der Waals surface area contributed by atoms with Crippen LogP contribution in [0.3, 0.4) is 0 Å². The summed E-state index contributed by atoms with van der Waals surface area (Å²) in [6.07, 6.45) is 5.74. The van der Waals surface area contributed by atoms with Gasteiger partial charge >= 0.3 is 0 Å². The maximum Gasteiger partial charge on any atom is 0.219 e. The lowest BCUT2D eigenvalue weighted by Gasteiger charge is -2.15. The van der Waals surface area contributed by atoms with E-state index in [1.165, 1.54) is 0 Å². The normalized spacial score (nSPS) is 17.9. The summed E-state index contributed by atoms with van der Waals surface area (Å²) < 4.78 is 21.5. The van der Waals surface area contributed by atoms with Crippen LogP contribution in [-0.4, -0.2) is 55.7 Å². The number of nitrogens with one attached hydrogen (secondary N) is 1. The molecule has 0 fully saturated rings. The number of fused-ring (bicyclic) bond motifs is 4. The molecule has 3 aromatic heterocycles. The molecule has 32 heavy (non-hydrogen) atoms. The molecule has 1 aliphatic rings. The molecule has 4 heterocycles. The number of nitrogens with zero attached hydrogens (tertiary/aromatic N) is 5. The minimum atomic E-state index is -0.102. The fourth-order valence-electron chi connectivity index (χ4n) is 3.94. The lowest BCUT2D eigenvalue weighted by atomic mass is 10.1. The van der Waals surface area contributed by atoms with Crippen LogP contribution in [0.4, 0.5) is 0 Å². The second kappa shape index (κ2) is 8.16. The predicted molar refractivity (Wildman–Crippen MR) is 122 cm³/mol. The molecule has 1 N–H and O–H groups in total. The lowest BCUT2D eigenvalue weighted by molar-refractivity contribution is 0.0144. The van der Waals surface area contributed by atoms with Crippen molar-refractivity contribution in [3.05, 3.63) is 41.3 Å². The van der Waals surface area contributed by atoms with Crippen molar-refractivity contribution in [1.29, 1.82) is 0 Å². The van der Waals surface area contributed by atoms with E-state index in [1.54, 1.807) is 9.36 Å². The number of benzene rings is 1. The lowest BCUT2D eigenvalue weighted by Crippen LogP contribution is -2.22. The van der Waals surface area contributed by atoms with Crippen molar-refractivity contribution < 1.29 is 14.2 Å². The zero-order valence-electron chi connectivity index (χ0n) is 18.6. The van der Waals surface area contributed by atoms with Gasteiger partial charge in [0.25, 0.3) is 0 Å². The predicted octanol–water partition coefficient (Wildman–Crippen LogP) is 3.35. The van der Waals surface area contributed by atoms with Crippen LogP contribution < -0.4 is 9.47 Å². The number of H-pyrrole nitrogens is 1. The topological polar surface area (TPSA) is 92.0 Å². The van der Waals surface area contributed by atoms with Crippen molar-refractivity contribution in [2.45, 2.75) is 20.0 Å². The minimum absolute atomic E-state index is 0.102. The Kier molecular flexibility index (Phi) is 5.18. The van der Waals surface area contributed by atoms with Crippen molar-refractivity contribution in [2.24, 2.45) is 14.1 Å². The molecule has 0 saturated carbocycles. The molecule has 0 aliphatic carbocycles. The summed E-state index contributed by atoms with van der Waals surface area (Å²) in [6, 6.07) is 6.13. The van der Waals surface area contributed by atoms with E-state index in [1.807, 2.05) is 58.4 Å². The fourth-order valence-corrected chi connectivity index (χ4v) is 3.94. The summed E-state index contributed by atoms with van der Waals surface area (Å²) in [5.74, 6) is 1.41. The van der Waals surface area contributed by atoms with Crippen molar-refractivity contribution in [3.63, 3.8) is 0 Å². The van der Waals surface area contributed by atoms with Gasteiger partial charge in [0, 0.05) is 19.5 Å². The minimum Gasteiger partial charge on any atom is -0.475 e. The van der Waals surface area contributed by atoms with Crippen LogP contribution in [0.25, 0.3) is 34.2 Å². The Bertz CT molecular complexity index is 1300. The van der Waals surface area contributed by atoms with Gasteiger partial charge in [0.15, 0.2) is 0 Å². The molecule has 0 saturated heterocycles. The first kappa shape index (κ1) is 20.3. The SMILES string of the molecule is Cc1nn(C)c2c1/C=C/c1[nH]nc3ccc(cc13)-c1cnn(C)c1OCCO[C@@H](C)CO2. The number of ether oxygens (including phenoxy) is 3. The average Bonchev–Trinajstić information content (AvgIpc) is 3.42. The molecule has 0 radical (unpaired) electrons. The van der Waals surface area contributed by atoms with Gasteiger partial charge in [-0.2, -0.15) is 15.3 Å². The molecule has 9 heteroatoms. The Morgan fingerprint density at radius 1 is 1.06 bits per heavy atom. The Hall–Kier alpha value is -3.59. The van der Waals surface area contributed by atoms with E-state index in [9.17, 15) is 0 Å². The molecule has 1 aromatic carbocycles. The highest BCUT2D eigenvalue weighted by atomic mass is 16.6. The van der Waals surface area contributed by atoms with E-state index < -0.39 is 0 Å². The molecule has 0 amide bonds. The van der Waals surface area contributed by atoms with Crippen LogP contribution in [0.1, 0.15) is 23.9 Å². The van der Waals surface area contributed by atoms with Gasteiger partial charge in [0.1, 0.15) is 13.2 Å². The van der Waals surface area contributed by atoms with Crippen LogP contribution in [0, 0.1) is 6.92 Å². The highest BCUT2D eigenvalue weighted by Crippen LogP contribution is 2.33. The first-order valence-electron chi connectivity index (χ1n) is 10.6. The number of rotatable bonds is 0. The largest absolute Gasteiger partial charge is 0.475 e. The molecule has 2 bridgehead atoms. The summed E-state index contributed by atoms with van der Waals surface area (Å²) in [5.41, 5.74) is 5.56. The smallest absolute Gasteiger partial charge is 0.219 e. The third-order valence-corrected chi connectivity index (χ3v) is 5.59. The molecular formula is C23H26N6O3. The van der Waals surface area contributed by atoms with Gasteiger partial charge in [-0.15, -0.1) is 0 Å². The van der Waals surface area contributed by atoms with Gasteiger partial charge in [0.2, 0.25) is 11.8 Å². The van der Waals surface area contributed by atoms with Crippen LogP contribution >= 0.6 is 0 Å². The first-order valence-corrected chi connectivity index (χ1v) is 10.6. The zero-order chi connectivity index (χ0) is 22.2. The number of aryl methyl sites for hydroxylation is 3. The zero-order valence-corrected chi connectivity index (χ0v) is 18.6. The maximum absolute atomic E-state index is 6.08. The highest BCUT2D eigenvalue weighted by molar-refractivity contribution is 5.93. The quantitative estimate of drug-likeness (QED) is 0.456. The van der Waals surface area contributed by atoms with Gasteiger partial charge < -0.3 is 14.2 Å². The van der Waals surface area contributed by atoms with E-state index in [4.69, 9.17) is 14.2 Å². The molecule has 5 rings (SSSR count). The third kappa shape index (κ3) is 3.64. The molecule has 4 aromatic rings.